The molecule has 0 aliphatic heterocycles. The van der Waals surface area contributed by atoms with E-state index in [1.165, 1.54) is 18.2 Å². The number of aryl methyl sites for hydroxylation is 1. The van der Waals surface area contributed by atoms with E-state index in [1.54, 1.807) is 12.1 Å². The first kappa shape index (κ1) is 21.2. The van der Waals surface area contributed by atoms with Gasteiger partial charge in [-0.05, 0) is 48.9 Å². The molecule has 1 aromatic heterocycles. The van der Waals surface area contributed by atoms with Crippen molar-refractivity contribution in [3.63, 3.8) is 0 Å². The summed E-state index contributed by atoms with van der Waals surface area (Å²) in [5, 5.41) is 0.158. The number of fused-ring (bicyclic) bond motifs is 1. The van der Waals surface area contributed by atoms with Gasteiger partial charge in [0.1, 0.15) is 10.4 Å². The fraction of sp³-hybridized carbons (Fsp3) is 0.0952. The molecule has 5 nitrogen and oxygen atoms in total. The number of oxazole rings is 1. The second-order valence-corrected chi connectivity index (χ2v) is 8.63. The Hall–Kier alpha value is -3.04. The van der Waals surface area contributed by atoms with E-state index in [9.17, 15) is 21.6 Å². The molecule has 0 saturated carbocycles. The molecule has 3 aromatic carbocycles. The molecular formula is C21H13ClF3NO4S. The van der Waals surface area contributed by atoms with Crippen molar-refractivity contribution in [3.8, 4) is 17.2 Å². The third-order valence-corrected chi connectivity index (χ3v) is 5.91. The monoisotopic (exact) mass is 467 g/mol. The van der Waals surface area contributed by atoms with Crippen LogP contribution in [0, 0.1) is 6.92 Å². The van der Waals surface area contributed by atoms with Crippen LogP contribution < -0.4 is 4.18 Å². The van der Waals surface area contributed by atoms with E-state index >= 15 is 0 Å². The molecule has 0 amide bonds. The Bertz CT molecular complexity index is 1400. The molecule has 4 aromatic rings. The fourth-order valence-electron chi connectivity index (χ4n) is 2.94. The number of halogens is 4. The van der Waals surface area contributed by atoms with Gasteiger partial charge in [-0.3, -0.25) is 0 Å². The normalized spacial score (nSPS) is 12.3. The maximum absolute atomic E-state index is 13.0. The molecule has 1 heterocycles. The van der Waals surface area contributed by atoms with Gasteiger partial charge in [-0.25, -0.2) is 4.98 Å². The summed E-state index contributed by atoms with van der Waals surface area (Å²) in [6, 6.07) is 12.8. The van der Waals surface area contributed by atoms with E-state index in [1.807, 2.05) is 13.0 Å². The summed E-state index contributed by atoms with van der Waals surface area (Å²) in [5.74, 6) is -0.149. The van der Waals surface area contributed by atoms with Crippen LogP contribution in [0.15, 0.2) is 70.0 Å². The molecule has 0 spiro atoms. The second kappa shape index (κ2) is 7.58. The van der Waals surface area contributed by atoms with Gasteiger partial charge in [0.25, 0.3) is 0 Å². The molecule has 0 unspecified atom stereocenters. The molecular weight excluding hydrogens is 455 g/mol. The van der Waals surface area contributed by atoms with Crippen LogP contribution in [0.5, 0.6) is 5.75 Å². The van der Waals surface area contributed by atoms with Crippen molar-refractivity contribution >= 4 is 32.8 Å². The zero-order valence-corrected chi connectivity index (χ0v) is 17.3. The van der Waals surface area contributed by atoms with Crippen LogP contribution in [-0.4, -0.2) is 13.4 Å². The fourth-order valence-corrected chi connectivity index (χ4v) is 4.09. The van der Waals surface area contributed by atoms with E-state index in [2.05, 4.69) is 4.98 Å². The van der Waals surface area contributed by atoms with E-state index in [4.69, 9.17) is 20.2 Å². The highest BCUT2D eigenvalue weighted by Crippen LogP contribution is 2.37. The molecule has 0 radical (unpaired) electrons. The lowest BCUT2D eigenvalue weighted by Gasteiger charge is -2.12. The first-order valence-electron chi connectivity index (χ1n) is 8.82. The van der Waals surface area contributed by atoms with Crippen molar-refractivity contribution in [1.82, 2.24) is 4.98 Å². The minimum absolute atomic E-state index is 0.0789. The molecule has 0 aliphatic rings. The van der Waals surface area contributed by atoms with Gasteiger partial charge in [0.2, 0.25) is 5.89 Å². The van der Waals surface area contributed by atoms with Gasteiger partial charge in [0, 0.05) is 11.1 Å². The van der Waals surface area contributed by atoms with E-state index in [0.717, 1.165) is 23.8 Å². The van der Waals surface area contributed by atoms with Gasteiger partial charge in [-0.2, -0.15) is 21.6 Å². The van der Waals surface area contributed by atoms with Crippen molar-refractivity contribution in [2.24, 2.45) is 0 Å². The molecule has 0 saturated heterocycles. The van der Waals surface area contributed by atoms with E-state index < -0.39 is 26.8 Å². The van der Waals surface area contributed by atoms with Crippen LogP contribution in [0.3, 0.4) is 0 Å². The highest BCUT2D eigenvalue weighted by atomic mass is 35.5. The third kappa shape index (κ3) is 4.24. The summed E-state index contributed by atoms with van der Waals surface area (Å²) < 4.78 is 75.3. The molecule has 0 bridgehead atoms. The highest BCUT2D eigenvalue weighted by Gasteiger charge is 2.32. The van der Waals surface area contributed by atoms with Crippen LogP contribution in [0.2, 0.25) is 5.02 Å². The lowest BCUT2D eigenvalue weighted by Crippen LogP contribution is -2.12. The third-order valence-electron chi connectivity index (χ3n) is 4.44. The van der Waals surface area contributed by atoms with Crippen molar-refractivity contribution < 1.29 is 30.2 Å². The average Bonchev–Trinajstić information content (AvgIpc) is 3.13. The van der Waals surface area contributed by atoms with Crippen LogP contribution in [0.25, 0.3) is 22.6 Å². The maximum Gasteiger partial charge on any atom is 0.416 e. The standard InChI is InChI=1S/C21H13ClF3NO4S/c1-12-4-2-7-17-19(12)26-20(29-17)16-9-8-14(22)11-18(16)30-31(27,28)15-6-3-5-13(10-15)21(23,24)25/h2-11H,1H3. The SMILES string of the molecule is Cc1cccc2oc(-c3ccc(Cl)cc3OS(=O)(=O)c3cccc(C(F)(F)F)c3)nc12. The van der Waals surface area contributed by atoms with Gasteiger partial charge in [-0.15, -0.1) is 0 Å². The average molecular weight is 468 g/mol. The summed E-state index contributed by atoms with van der Waals surface area (Å²) in [6.45, 7) is 1.84. The minimum Gasteiger partial charge on any atom is -0.436 e. The minimum atomic E-state index is -4.71. The largest absolute Gasteiger partial charge is 0.436 e. The van der Waals surface area contributed by atoms with Crippen molar-refractivity contribution in [2.45, 2.75) is 18.0 Å². The number of nitrogens with zero attached hydrogens (tertiary/aromatic N) is 1. The number of alkyl halides is 3. The van der Waals surface area contributed by atoms with Gasteiger partial charge in [0.05, 0.1) is 11.1 Å². The Morgan fingerprint density at radius 2 is 1.77 bits per heavy atom. The summed E-state index contributed by atoms with van der Waals surface area (Å²) in [4.78, 5) is 3.74. The number of rotatable bonds is 4. The van der Waals surface area contributed by atoms with Gasteiger partial charge < -0.3 is 8.60 Å². The van der Waals surface area contributed by atoms with Crippen molar-refractivity contribution in [3.05, 3.63) is 76.8 Å². The van der Waals surface area contributed by atoms with Crippen LogP contribution in [0.4, 0.5) is 13.2 Å². The van der Waals surface area contributed by atoms with Crippen LogP contribution in [0.1, 0.15) is 11.1 Å². The maximum atomic E-state index is 13.0. The predicted octanol–water partition coefficient (Wildman–Crippen LogP) is 6.24. The summed E-state index contributed by atoms with van der Waals surface area (Å²) in [5.41, 5.74) is 0.977. The first-order chi connectivity index (χ1) is 14.5. The Kier molecular flexibility index (Phi) is 5.18. The van der Waals surface area contributed by atoms with Crippen LogP contribution in [-0.2, 0) is 16.3 Å². The van der Waals surface area contributed by atoms with Crippen LogP contribution >= 0.6 is 11.6 Å². The number of aromatic nitrogens is 1. The molecule has 0 aliphatic carbocycles. The van der Waals surface area contributed by atoms with E-state index in [0.29, 0.717) is 17.2 Å². The topological polar surface area (TPSA) is 69.4 Å². The number of hydrogen-bond acceptors (Lipinski definition) is 5. The zero-order chi connectivity index (χ0) is 22.4. The molecule has 4 rings (SSSR count). The molecule has 10 heteroatoms. The van der Waals surface area contributed by atoms with Gasteiger partial charge >= 0.3 is 16.3 Å². The van der Waals surface area contributed by atoms with E-state index in [-0.39, 0.29) is 22.2 Å². The van der Waals surface area contributed by atoms with Crippen molar-refractivity contribution in [1.29, 1.82) is 0 Å². The molecule has 0 atom stereocenters. The summed E-state index contributed by atoms with van der Waals surface area (Å²) in [6.07, 6.45) is -4.71. The lowest BCUT2D eigenvalue weighted by atomic mass is 10.2. The predicted molar refractivity (Wildman–Crippen MR) is 108 cm³/mol. The van der Waals surface area contributed by atoms with Gasteiger partial charge in [-0.1, -0.05) is 29.8 Å². The number of hydrogen-bond donors (Lipinski definition) is 0. The zero-order valence-electron chi connectivity index (χ0n) is 15.8. The Morgan fingerprint density at radius 3 is 2.48 bits per heavy atom. The summed E-state index contributed by atoms with van der Waals surface area (Å²) >= 11 is 5.99. The molecule has 160 valence electrons. The Balaban J connectivity index is 1.78. The quantitative estimate of drug-likeness (QED) is 0.332. The molecule has 31 heavy (non-hydrogen) atoms. The Morgan fingerprint density at radius 1 is 1.03 bits per heavy atom. The van der Waals surface area contributed by atoms with Crippen molar-refractivity contribution in [2.75, 3.05) is 0 Å². The van der Waals surface area contributed by atoms with Gasteiger partial charge in [0.15, 0.2) is 11.3 Å². The number of para-hydroxylation sites is 1. The smallest absolute Gasteiger partial charge is 0.416 e. The molecule has 0 N–H and O–H groups in total. The second-order valence-electron chi connectivity index (χ2n) is 6.64. The summed E-state index contributed by atoms with van der Waals surface area (Å²) in [7, 11) is -4.61. The first-order valence-corrected chi connectivity index (χ1v) is 10.6. The highest BCUT2D eigenvalue weighted by molar-refractivity contribution is 7.87. The molecule has 0 fully saturated rings. The number of benzene rings is 3. The Labute approximate surface area is 180 Å². The lowest BCUT2D eigenvalue weighted by molar-refractivity contribution is -0.137.